The summed E-state index contributed by atoms with van der Waals surface area (Å²) in [6, 6.07) is 16.0. The van der Waals surface area contributed by atoms with Gasteiger partial charge in [-0.15, -0.1) is 0 Å². The maximum atomic E-state index is 14.6. The average Bonchev–Trinajstić information content (AvgIpc) is 0.811. The Labute approximate surface area is 732 Å². The summed E-state index contributed by atoms with van der Waals surface area (Å²) in [5, 5.41) is 22.7. The summed E-state index contributed by atoms with van der Waals surface area (Å²) in [5.41, 5.74) is 1.35. The van der Waals surface area contributed by atoms with Crippen molar-refractivity contribution in [1.82, 2.24) is 0 Å². The quantitative estimate of drug-likeness (QED) is 0.0186. The lowest BCUT2D eigenvalue weighted by molar-refractivity contribution is 0.0724. The highest BCUT2D eigenvalue weighted by atomic mass is 16.6. The largest absolute Gasteiger partial charge is 0.507 e. The molecule has 1 aliphatic rings. The van der Waals surface area contributed by atoms with Gasteiger partial charge in [-0.1, -0.05) is 401 Å². The molecule has 2 atom stereocenters. The second-order valence-corrected chi connectivity index (χ2v) is 35.0. The van der Waals surface area contributed by atoms with Gasteiger partial charge in [-0.05, 0) is 112 Å². The molecule has 0 saturated heterocycles. The second kappa shape index (κ2) is 71.9. The van der Waals surface area contributed by atoms with Crippen LogP contribution in [0.3, 0.4) is 0 Å². The summed E-state index contributed by atoms with van der Waals surface area (Å²) < 4.78 is 52.3. The fraction of sp³-hybridized carbons (Fsp3) is 0.736. The molecule has 0 bridgehead atoms. The van der Waals surface area contributed by atoms with Gasteiger partial charge in [0, 0.05) is 23.6 Å². The molecule has 1 aliphatic carbocycles. The molecule has 1 saturated carbocycles. The number of unbranched alkanes of at least 4 members (excludes halogenated alkanes) is 54. The molecule has 14 nitrogen and oxygen atoms in total. The Hall–Kier alpha value is -6.44. The van der Waals surface area contributed by atoms with Crippen molar-refractivity contribution < 1.29 is 57.7 Å². The number of aliphatic imine (C=N–C) groups is 2. The molecule has 0 radical (unpaired) electrons. The fourth-order valence-electron chi connectivity index (χ4n) is 16.2. The Morgan fingerprint density at radius 1 is 0.283 bits per heavy atom. The highest BCUT2D eigenvalue weighted by molar-refractivity contribution is 5.94. The molecule has 0 aromatic heterocycles. The van der Waals surface area contributed by atoms with Crippen LogP contribution in [0, 0.1) is 0 Å². The van der Waals surface area contributed by atoms with E-state index >= 15 is 0 Å². The van der Waals surface area contributed by atoms with Crippen LogP contribution in [0.5, 0.6) is 57.5 Å². The Morgan fingerprint density at radius 2 is 0.483 bits per heavy atom. The van der Waals surface area contributed by atoms with Crippen LogP contribution in [-0.2, 0) is 0 Å². The van der Waals surface area contributed by atoms with E-state index in [1.54, 1.807) is 61.0 Å². The topological polar surface area (TPSA) is 173 Å². The molecule has 0 amide bonds. The van der Waals surface area contributed by atoms with Gasteiger partial charge in [0.2, 0.25) is 11.5 Å². The van der Waals surface area contributed by atoms with E-state index in [0.717, 1.165) is 128 Å². The summed E-state index contributed by atoms with van der Waals surface area (Å²) in [6.07, 6.45) is 79.8. The molecule has 0 heterocycles. The highest BCUT2D eigenvalue weighted by Gasteiger charge is 2.26. The summed E-state index contributed by atoms with van der Waals surface area (Å²) >= 11 is 0. The van der Waals surface area contributed by atoms with Gasteiger partial charge in [0.15, 0.2) is 23.0 Å². The van der Waals surface area contributed by atoms with Gasteiger partial charge in [-0.2, -0.15) is 0 Å². The molecule has 120 heavy (non-hydrogen) atoms. The zero-order valence-corrected chi connectivity index (χ0v) is 77.5. The Bertz CT molecular complexity index is 2930. The van der Waals surface area contributed by atoms with Crippen LogP contribution in [0.2, 0.25) is 0 Å². The number of carbonyl (C=O) groups excluding carboxylic acids is 2. The zero-order chi connectivity index (χ0) is 85.4. The van der Waals surface area contributed by atoms with Crippen LogP contribution < -0.4 is 37.9 Å². The van der Waals surface area contributed by atoms with E-state index in [1.807, 2.05) is 0 Å². The summed E-state index contributed by atoms with van der Waals surface area (Å²) in [5.74, 6) is 2.34. The molecule has 14 heteroatoms. The van der Waals surface area contributed by atoms with Crippen LogP contribution in [0.25, 0.3) is 0 Å². The Balaban J connectivity index is 1.33. The number of benzene rings is 4. The number of hydrogen-bond donors (Lipinski definition) is 2. The first-order valence-electron chi connectivity index (χ1n) is 50.4. The molecule has 0 aliphatic heterocycles. The van der Waals surface area contributed by atoms with Crippen molar-refractivity contribution in [2.24, 2.45) is 9.98 Å². The maximum absolute atomic E-state index is 14.6. The first-order chi connectivity index (χ1) is 59.1. The third-order valence-electron chi connectivity index (χ3n) is 23.9. The SMILES string of the molecule is CCCCCCCCCCCCOc1cc(C(=O)Oc2ccc(O)c(C=N[C@@H]3CCCC[C@H]3N=Cc3cc(OC(=O)c4cc(OCCCCCCCCCCCC)c(OCCCCCCCCCCCC)c(OCCCCCCCCCCCC)c4)ccc3O)c2)cc(OCCCCCCCCCCCC)c1OCCCCCCCCCCCC. The molecule has 680 valence electrons. The third kappa shape index (κ3) is 49.2. The minimum Gasteiger partial charge on any atom is -0.507 e. The van der Waals surface area contributed by atoms with Gasteiger partial charge in [0.1, 0.15) is 23.0 Å². The number of carbonyl (C=O) groups is 2. The fourth-order valence-corrected chi connectivity index (χ4v) is 16.2. The van der Waals surface area contributed by atoms with E-state index in [1.165, 1.54) is 295 Å². The minimum atomic E-state index is -0.585. The Kier molecular flexibility index (Phi) is 62.4. The van der Waals surface area contributed by atoms with Crippen LogP contribution in [-0.4, -0.2) is 86.3 Å². The van der Waals surface area contributed by atoms with Crippen molar-refractivity contribution in [2.45, 2.75) is 465 Å². The molecular formula is C106H174N2O12. The van der Waals surface area contributed by atoms with Crippen LogP contribution in [0.1, 0.15) is 484 Å². The summed E-state index contributed by atoms with van der Waals surface area (Å²) in [4.78, 5) is 39.2. The molecule has 0 unspecified atom stereocenters. The number of nitrogens with zero attached hydrogens (tertiary/aromatic N) is 2. The van der Waals surface area contributed by atoms with E-state index in [9.17, 15) is 19.8 Å². The predicted molar refractivity (Wildman–Crippen MR) is 504 cm³/mol. The smallest absolute Gasteiger partial charge is 0.343 e. The van der Waals surface area contributed by atoms with Gasteiger partial charge < -0.3 is 48.1 Å². The molecule has 0 spiro atoms. The van der Waals surface area contributed by atoms with Gasteiger partial charge in [-0.3, -0.25) is 9.98 Å². The lowest BCUT2D eigenvalue weighted by atomic mass is 9.91. The lowest BCUT2D eigenvalue weighted by Crippen LogP contribution is -2.27. The lowest BCUT2D eigenvalue weighted by Gasteiger charge is -2.25. The first-order valence-corrected chi connectivity index (χ1v) is 50.4. The standard InChI is InChI=1S/C106H174N2O12/c1-7-13-19-25-31-37-43-49-55-63-75-113-99-83-89(84-100(114-76-64-56-50-44-38-32-26-20-14-8-2)103(99)117-79-67-59-53-47-41-35-29-23-17-11-5)105(111)119-93-71-73-97(109)91(81-93)87-107-95-69-61-62-70-96(95)108-88-92-82-94(72-74-98(92)110)120-106(112)90-85-101(115-77-65-57-51-45-39-33-27-21-15-9-3)104(118-80-68-60-54-48-42-36-30-24-18-12-6)102(86-90)116-78-66-58-52-46-40-34-28-22-16-10-4/h71-74,81-88,95-96,109-110H,7-70,75-80H2,1-6H3/t95-,96-/m1/s1. The number of phenols is 2. The van der Waals surface area contributed by atoms with Crippen molar-refractivity contribution in [3.8, 4) is 57.5 Å². The van der Waals surface area contributed by atoms with Crippen molar-refractivity contribution in [1.29, 1.82) is 0 Å². The number of ether oxygens (including phenoxy) is 8. The number of phenolic OH excluding ortho intramolecular Hbond substituents is 2. The molecule has 4 aromatic rings. The van der Waals surface area contributed by atoms with Crippen molar-refractivity contribution in [3.63, 3.8) is 0 Å². The van der Waals surface area contributed by atoms with E-state index < -0.39 is 11.9 Å². The minimum absolute atomic E-state index is 0.00928. The molecule has 4 aromatic carbocycles. The zero-order valence-electron chi connectivity index (χ0n) is 77.5. The van der Waals surface area contributed by atoms with Crippen LogP contribution in [0.15, 0.2) is 70.6 Å². The molecule has 5 rings (SSSR count). The Morgan fingerprint density at radius 3 is 0.700 bits per heavy atom. The number of esters is 2. The summed E-state index contributed by atoms with van der Waals surface area (Å²) in [7, 11) is 0. The third-order valence-corrected chi connectivity index (χ3v) is 23.9. The average molecular weight is 1670 g/mol. The van der Waals surface area contributed by atoms with E-state index in [0.29, 0.717) is 85.3 Å². The molecular weight excluding hydrogens is 1490 g/mol. The van der Waals surface area contributed by atoms with Crippen molar-refractivity contribution >= 4 is 24.4 Å². The van der Waals surface area contributed by atoms with Crippen LogP contribution >= 0.6 is 0 Å². The van der Waals surface area contributed by atoms with Crippen molar-refractivity contribution in [3.05, 3.63) is 82.9 Å². The van der Waals surface area contributed by atoms with E-state index in [2.05, 4.69) is 41.5 Å². The second-order valence-electron chi connectivity index (χ2n) is 35.0. The predicted octanol–water partition coefficient (Wildman–Crippen LogP) is 32.2. The summed E-state index contributed by atoms with van der Waals surface area (Å²) in [6.45, 7) is 16.6. The number of hydrogen-bond acceptors (Lipinski definition) is 14. The number of rotatable bonds is 80. The normalized spacial score (nSPS) is 13.6. The maximum Gasteiger partial charge on any atom is 0.343 e. The van der Waals surface area contributed by atoms with Gasteiger partial charge >= 0.3 is 11.9 Å². The molecule has 1 fully saturated rings. The monoisotopic (exact) mass is 1670 g/mol. The van der Waals surface area contributed by atoms with Crippen LogP contribution in [0.4, 0.5) is 0 Å². The highest BCUT2D eigenvalue weighted by Crippen LogP contribution is 2.43. The van der Waals surface area contributed by atoms with Gasteiger partial charge in [0.05, 0.1) is 62.9 Å². The number of aromatic hydroxyl groups is 2. The van der Waals surface area contributed by atoms with Crippen molar-refractivity contribution in [2.75, 3.05) is 39.6 Å². The van der Waals surface area contributed by atoms with E-state index in [4.69, 9.17) is 47.9 Å². The first kappa shape index (κ1) is 104. The van der Waals surface area contributed by atoms with E-state index in [-0.39, 0.29) is 46.2 Å². The van der Waals surface area contributed by atoms with Gasteiger partial charge in [0.25, 0.3) is 0 Å². The molecule has 2 N–H and O–H groups in total. The van der Waals surface area contributed by atoms with Gasteiger partial charge in [-0.25, -0.2) is 9.59 Å².